The van der Waals surface area contributed by atoms with Crippen LogP contribution >= 0.6 is 0 Å². The molecule has 0 saturated heterocycles. The van der Waals surface area contributed by atoms with E-state index in [1.54, 1.807) is 24.3 Å². The third-order valence-corrected chi connectivity index (χ3v) is 4.01. The average Bonchev–Trinajstić information content (AvgIpc) is 2.53. The van der Waals surface area contributed by atoms with Crippen molar-refractivity contribution in [2.24, 2.45) is 0 Å². The lowest BCUT2D eigenvalue weighted by atomic mass is 9.92. The molecule has 0 radical (unpaired) electrons. The fraction of sp³-hybridized carbons (Fsp3) is 0.444. The van der Waals surface area contributed by atoms with Gasteiger partial charge in [0.1, 0.15) is 5.69 Å². The van der Waals surface area contributed by atoms with Crippen LogP contribution in [0.2, 0.25) is 0 Å². The van der Waals surface area contributed by atoms with Gasteiger partial charge < -0.3 is 15.4 Å². The summed E-state index contributed by atoms with van der Waals surface area (Å²) >= 11 is 0. The van der Waals surface area contributed by atoms with Crippen LogP contribution in [0.5, 0.6) is 0 Å². The van der Waals surface area contributed by atoms with Crippen molar-refractivity contribution >= 4 is 16.7 Å². The second-order valence-corrected chi connectivity index (χ2v) is 6.01. The third kappa shape index (κ3) is 4.20. The van der Waals surface area contributed by atoms with Crippen molar-refractivity contribution < 1.29 is 9.90 Å². The number of pyridine rings is 1. The predicted octanol–water partition coefficient (Wildman–Crippen LogP) is 2.59. The summed E-state index contributed by atoms with van der Waals surface area (Å²) in [5.41, 5.74) is -0.967. The number of aromatic nitrogens is 1. The Labute approximate surface area is 135 Å². The summed E-state index contributed by atoms with van der Waals surface area (Å²) < 4.78 is 0. The van der Waals surface area contributed by atoms with Crippen LogP contribution < -0.4 is 10.9 Å². The zero-order valence-corrected chi connectivity index (χ0v) is 13.7. The molecule has 0 bridgehead atoms. The summed E-state index contributed by atoms with van der Waals surface area (Å²) in [6.07, 6.45) is 2.96. The van der Waals surface area contributed by atoms with E-state index in [0.29, 0.717) is 18.2 Å². The molecule has 5 nitrogen and oxygen atoms in total. The Bertz CT molecular complexity index is 730. The zero-order valence-electron chi connectivity index (χ0n) is 13.7. The molecule has 0 aliphatic heterocycles. The SMILES string of the molecule is CCCC(O)(CCC)CNC(=O)c1cc2ccccc2c(=O)[nH]1. The van der Waals surface area contributed by atoms with E-state index < -0.39 is 5.60 Å². The van der Waals surface area contributed by atoms with Crippen LogP contribution in [0.25, 0.3) is 10.8 Å². The summed E-state index contributed by atoms with van der Waals surface area (Å²) in [6.45, 7) is 4.19. The molecule has 0 atom stereocenters. The van der Waals surface area contributed by atoms with Crippen molar-refractivity contribution in [2.75, 3.05) is 6.54 Å². The molecule has 2 aromatic rings. The number of hydrogen-bond acceptors (Lipinski definition) is 3. The van der Waals surface area contributed by atoms with Crippen LogP contribution in [-0.4, -0.2) is 28.1 Å². The second-order valence-electron chi connectivity index (χ2n) is 6.01. The Morgan fingerprint density at radius 1 is 1.22 bits per heavy atom. The molecule has 5 heteroatoms. The number of fused-ring (bicyclic) bond motifs is 1. The lowest BCUT2D eigenvalue weighted by Gasteiger charge is -2.27. The predicted molar refractivity (Wildman–Crippen MR) is 91.7 cm³/mol. The number of aromatic amines is 1. The average molecular weight is 316 g/mol. The first-order valence-corrected chi connectivity index (χ1v) is 8.11. The number of amides is 1. The van der Waals surface area contributed by atoms with Crippen LogP contribution in [-0.2, 0) is 0 Å². The molecule has 23 heavy (non-hydrogen) atoms. The maximum atomic E-state index is 12.3. The monoisotopic (exact) mass is 316 g/mol. The summed E-state index contributed by atoms with van der Waals surface area (Å²) in [5.74, 6) is -0.376. The van der Waals surface area contributed by atoms with Gasteiger partial charge in [0.05, 0.1) is 5.60 Å². The van der Waals surface area contributed by atoms with Gasteiger partial charge in [-0.2, -0.15) is 0 Å². The number of nitrogens with one attached hydrogen (secondary N) is 2. The van der Waals surface area contributed by atoms with Gasteiger partial charge in [-0.05, 0) is 30.4 Å². The minimum atomic E-state index is -0.893. The molecule has 0 saturated carbocycles. The highest BCUT2D eigenvalue weighted by atomic mass is 16.3. The van der Waals surface area contributed by atoms with Crippen molar-refractivity contribution in [1.29, 1.82) is 0 Å². The lowest BCUT2D eigenvalue weighted by molar-refractivity contribution is 0.0212. The molecule has 1 aromatic heterocycles. The molecule has 1 amide bonds. The zero-order chi connectivity index (χ0) is 16.9. The number of hydrogen-bond donors (Lipinski definition) is 3. The van der Waals surface area contributed by atoms with E-state index in [0.717, 1.165) is 18.2 Å². The van der Waals surface area contributed by atoms with Crippen LogP contribution in [0.3, 0.4) is 0 Å². The van der Waals surface area contributed by atoms with E-state index in [9.17, 15) is 14.7 Å². The highest BCUT2D eigenvalue weighted by Crippen LogP contribution is 2.18. The molecule has 0 aliphatic rings. The van der Waals surface area contributed by atoms with Crippen molar-refractivity contribution in [3.63, 3.8) is 0 Å². The molecule has 0 spiro atoms. The lowest BCUT2D eigenvalue weighted by Crippen LogP contribution is -2.43. The molecule has 0 unspecified atom stereocenters. The summed E-state index contributed by atoms with van der Waals surface area (Å²) in [7, 11) is 0. The smallest absolute Gasteiger partial charge is 0.267 e. The van der Waals surface area contributed by atoms with Gasteiger partial charge in [0.15, 0.2) is 0 Å². The summed E-state index contributed by atoms with van der Waals surface area (Å²) in [6, 6.07) is 8.78. The van der Waals surface area contributed by atoms with E-state index in [-0.39, 0.29) is 23.7 Å². The van der Waals surface area contributed by atoms with Crippen LogP contribution in [0.15, 0.2) is 35.1 Å². The normalized spacial score (nSPS) is 11.6. The first kappa shape index (κ1) is 17.2. The molecule has 0 fully saturated rings. The van der Waals surface area contributed by atoms with E-state index in [4.69, 9.17) is 0 Å². The van der Waals surface area contributed by atoms with Crippen molar-refractivity contribution in [1.82, 2.24) is 10.3 Å². The maximum absolute atomic E-state index is 12.3. The molecule has 0 aliphatic carbocycles. The maximum Gasteiger partial charge on any atom is 0.267 e. The van der Waals surface area contributed by atoms with Gasteiger partial charge in [-0.15, -0.1) is 0 Å². The molecule has 3 N–H and O–H groups in total. The van der Waals surface area contributed by atoms with E-state index in [1.165, 1.54) is 0 Å². The van der Waals surface area contributed by atoms with E-state index >= 15 is 0 Å². The van der Waals surface area contributed by atoms with Crippen molar-refractivity contribution in [3.05, 3.63) is 46.4 Å². The Hall–Kier alpha value is -2.14. The van der Waals surface area contributed by atoms with Crippen LogP contribution in [0, 0.1) is 0 Å². The van der Waals surface area contributed by atoms with Gasteiger partial charge in [-0.25, -0.2) is 0 Å². The number of H-pyrrole nitrogens is 1. The number of aliphatic hydroxyl groups is 1. The topological polar surface area (TPSA) is 82.2 Å². The van der Waals surface area contributed by atoms with E-state index in [1.807, 2.05) is 19.9 Å². The Morgan fingerprint density at radius 2 is 1.87 bits per heavy atom. The highest BCUT2D eigenvalue weighted by Gasteiger charge is 2.25. The number of rotatable bonds is 7. The molecular formula is C18H24N2O3. The van der Waals surface area contributed by atoms with Gasteiger partial charge in [0.25, 0.3) is 11.5 Å². The number of carbonyl (C=O) groups excluding carboxylic acids is 1. The first-order chi connectivity index (χ1) is 11.0. The fourth-order valence-electron chi connectivity index (χ4n) is 2.91. The standard InChI is InChI=1S/C18H24N2O3/c1-3-9-18(23,10-4-2)12-19-17(22)15-11-13-7-5-6-8-14(13)16(21)20-15/h5-8,11,23H,3-4,9-10,12H2,1-2H3,(H,19,22)(H,20,21). The van der Waals surface area contributed by atoms with Crippen molar-refractivity contribution in [3.8, 4) is 0 Å². The van der Waals surface area contributed by atoms with Crippen LogP contribution in [0.4, 0.5) is 0 Å². The highest BCUT2D eigenvalue weighted by molar-refractivity contribution is 5.96. The van der Waals surface area contributed by atoms with Gasteiger partial charge in [-0.3, -0.25) is 9.59 Å². The van der Waals surface area contributed by atoms with Crippen molar-refractivity contribution in [2.45, 2.75) is 45.1 Å². The minimum absolute atomic E-state index is 0.183. The molecular weight excluding hydrogens is 292 g/mol. The largest absolute Gasteiger partial charge is 0.388 e. The van der Waals surface area contributed by atoms with Gasteiger partial charge in [0, 0.05) is 11.9 Å². The number of carbonyl (C=O) groups is 1. The number of benzene rings is 1. The van der Waals surface area contributed by atoms with E-state index in [2.05, 4.69) is 10.3 Å². The quantitative estimate of drug-likeness (QED) is 0.734. The molecule has 124 valence electrons. The Balaban J connectivity index is 2.16. The van der Waals surface area contributed by atoms with Gasteiger partial charge in [-0.1, -0.05) is 44.9 Å². The van der Waals surface area contributed by atoms with Crippen LogP contribution in [0.1, 0.15) is 50.0 Å². The fourth-order valence-corrected chi connectivity index (χ4v) is 2.91. The second kappa shape index (κ2) is 7.42. The molecule has 1 heterocycles. The first-order valence-electron chi connectivity index (χ1n) is 8.11. The van der Waals surface area contributed by atoms with Gasteiger partial charge in [0.2, 0.25) is 0 Å². The summed E-state index contributed by atoms with van der Waals surface area (Å²) in [5, 5.41) is 14.6. The van der Waals surface area contributed by atoms with Gasteiger partial charge >= 0.3 is 0 Å². The minimum Gasteiger partial charge on any atom is -0.388 e. The Morgan fingerprint density at radius 3 is 2.52 bits per heavy atom. The third-order valence-electron chi connectivity index (χ3n) is 4.01. The summed E-state index contributed by atoms with van der Waals surface area (Å²) in [4.78, 5) is 26.9. The molecule has 2 rings (SSSR count). The Kier molecular flexibility index (Phi) is 5.55. The molecule has 1 aromatic carbocycles.